The molecule has 3 nitrogen and oxygen atoms in total. The highest BCUT2D eigenvalue weighted by molar-refractivity contribution is 5.77. The molecule has 1 aliphatic rings. The molecule has 0 aromatic heterocycles. The predicted molar refractivity (Wildman–Crippen MR) is 65.0 cm³/mol. The van der Waals surface area contributed by atoms with Crippen molar-refractivity contribution in [3.8, 4) is 0 Å². The Labute approximate surface area is 98.7 Å². The molecule has 0 spiro atoms. The van der Waals surface area contributed by atoms with Crippen molar-refractivity contribution in [1.29, 1.82) is 0 Å². The van der Waals surface area contributed by atoms with Crippen molar-refractivity contribution in [2.45, 2.75) is 52.4 Å². The van der Waals surface area contributed by atoms with E-state index in [0.717, 1.165) is 12.8 Å². The van der Waals surface area contributed by atoms with Gasteiger partial charge in [-0.05, 0) is 25.7 Å². The molecule has 16 heavy (non-hydrogen) atoms. The van der Waals surface area contributed by atoms with E-state index in [9.17, 15) is 4.79 Å². The maximum absolute atomic E-state index is 12.0. The number of hydrogen-bond acceptors (Lipinski definition) is 3. The standard InChI is InChI=1S/C13H25NO2/c1-3-13(10-14,12(15)16-4-2)9-11-7-5-6-8-11/h11H,3-10,14H2,1-2H3. The van der Waals surface area contributed by atoms with E-state index in [0.29, 0.717) is 19.1 Å². The summed E-state index contributed by atoms with van der Waals surface area (Å²) in [6, 6.07) is 0. The summed E-state index contributed by atoms with van der Waals surface area (Å²) in [6.07, 6.45) is 6.82. The molecular weight excluding hydrogens is 202 g/mol. The third kappa shape index (κ3) is 2.97. The van der Waals surface area contributed by atoms with Gasteiger partial charge in [0.1, 0.15) is 0 Å². The molecule has 1 atom stereocenters. The summed E-state index contributed by atoms with van der Waals surface area (Å²) in [5, 5.41) is 0. The van der Waals surface area contributed by atoms with Gasteiger partial charge in [0, 0.05) is 6.54 Å². The number of nitrogens with two attached hydrogens (primary N) is 1. The second kappa shape index (κ2) is 6.24. The van der Waals surface area contributed by atoms with Crippen molar-refractivity contribution in [2.24, 2.45) is 17.1 Å². The lowest BCUT2D eigenvalue weighted by Crippen LogP contribution is -2.41. The monoisotopic (exact) mass is 227 g/mol. The number of carbonyl (C=O) groups excluding carboxylic acids is 1. The van der Waals surface area contributed by atoms with Gasteiger partial charge in [-0.3, -0.25) is 4.79 Å². The summed E-state index contributed by atoms with van der Waals surface area (Å²) >= 11 is 0. The Hall–Kier alpha value is -0.570. The molecule has 1 fully saturated rings. The summed E-state index contributed by atoms with van der Waals surface area (Å²) < 4.78 is 5.18. The largest absolute Gasteiger partial charge is 0.466 e. The molecule has 2 N–H and O–H groups in total. The van der Waals surface area contributed by atoms with Crippen LogP contribution in [-0.4, -0.2) is 19.1 Å². The van der Waals surface area contributed by atoms with E-state index in [2.05, 4.69) is 0 Å². The Morgan fingerprint density at radius 1 is 1.38 bits per heavy atom. The first kappa shape index (κ1) is 13.5. The number of hydrogen-bond donors (Lipinski definition) is 1. The molecule has 3 heteroatoms. The van der Waals surface area contributed by atoms with Crippen molar-refractivity contribution in [3.05, 3.63) is 0 Å². The Bertz CT molecular complexity index is 218. The van der Waals surface area contributed by atoms with E-state index in [4.69, 9.17) is 10.5 Å². The maximum Gasteiger partial charge on any atom is 0.313 e. The quantitative estimate of drug-likeness (QED) is 0.709. The van der Waals surface area contributed by atoms with Crippen LogP contribution in [0.15, 0.2) is 0 Å². The fourth-order valence-electron chi connectivity index (χ4n) is 2.73. The van der Waals surface area contributed by atoms with Gasteiger partial charge < -0.3 is 10.5 Å². The third-order valence-corrected chi connectivity index (χ3v) is 3.93. The van der Waals surface area contributed by atoms with Crippen LogP contribution >= 0.6 is 0 Å². The van der Waals surface area contributed by atoms with Gasteiger partial charge in [0.15, 0.2) is 0 Å². The third-order valence-electron chi connectivity index (χ3n) is 3.93. The fourth-order valence-corrected chi connectivity index (χ4v) is 2.73. The maximum atomic E-state index is 12.0. The van der Waals surface area contributed by atoms with Crippen LogP contribution in [0.2, 0.25) is 0 Å². The van der Waals surface area contributed by atoms with Crippen LogP contribution in [-0.2, 0) is 9.53 Å². The van der Waals surface area contributed by atoms with Crippen LogP contribution in [0.1, 0.15) is 52.4 Å². The Balaban J connectivity index is 2.65. The summed E-state index contributed by atoms with van der Waals surface area (Å²) in [5.74, 6) is 0.583. The van der Waals surface area contributed by atoms with Crippen LogP contribution in [0.4, 0.5) is 0 Å². The molecule has 0 aliphatic heterocycles. The zero-order valence-electron chi connectivity index (χ0n) is 10.6. The molecule has 94 valence electrons. The molecule has 0 heterocycles. The number of rotatable bonds is 6. The van der Waals surface area contributed by atoms with Gasteiger partial charge in [-0.25, -0.2) is 0 Å². The summed E-state index contributed by atoms with van der Waals surface area (Å²) in [5.41, 5.74) is 5.40. The van der Waals surface area contributed by atoms with Crippen molar-refractivity contribution < 1.29 is 9.53 Å². The highest BCUT2D eigenvalue weighted by atomic mass is 16.5. The second-order valence-electron chi connectivity index (χ2n) is 4.91. The van der Waals surface area contributed by atoms with E-state index in [1.165, 1.54) is 25.7 Å². The minimum Gasteiger partial charge on any atom is -0.466 e. The zero-order chi connectivity index (χ0) is 12.0. The van der Waals surface area contributed by atoms with Crippen LogP contribution in [0.5, 0.6) is 0 Å². The minimum atomic E-state index is -0.426. The molecule has 0 aromatic rings. The summed E-state index contributed by atoms with van der Waals surface area (Å²) in [6.45, 7) is 4.76. The molecule has 1 unspecified atom stereocenters. The molecule has 0 aromatic carbocycles. The topological polar surface area (TPSA) is 52.3 Å². The molecule has 0 amide bonds. The average Bonchev–Trinajstić information content (AvgIpc) is 2.79. The molecule has 0 bridgehead atoms. The van der Waals surface area contributed by atoms with Gasteiger partial charge in [-0.2, -0.15) is 0 Å². The molecule has 0 radical (unpaired) electrons. The van der Waals surface area contributed by atoms with Crippen LogP contribution in [0.25, 0.3) is 0 Å². The number of ether oxygens (including phenoxy) is 1. The normalized spacial score (nSPS) is 20.7. The molecule has 1 saturated carbocycles. The van der Waals surface area contributed by atoms with Gasteiger partial charge in [0.05, 0.1) is 12.0 Å². The molecule has 1 rings (SSSR count). The highest BCUT2D eigenvalue weighted by Gasteiger charge is 2.39. The SMILES string of the molecule is CCOC(=O)C(CC)(CN)CC1CCCC1. The van der Waals surface area contributed by atoms with E-state index in [-0.39, 0.29) is 5.97 Å². The van der Waals surface area contributed by atoms with E-state index in [1.807, 2.05) is 13.8 Å². The van der Waals surface area contributed by atoms with Crippen LogP contribution in [0.3, 0.4) is 0 Å². The Morgan fingerprint density at radius 2 is 2.00 bits per heavy atom. The number of esters is 1. The van der Waals surface area contributed by atoms with E-state index < -0.39 is 5.41 Å². The fraction of sp³-hybridized carbons (Fsp3) is 0.923. The zero-order valence-corrected chi connectivity index (χ0v) is 10.6. The lowest BCUT2D eigenvalue weighted by molar-refractivity contribution is -0.156. The first-order chi connectivity index (χ1) is 7.68. The molecular formula is C13H25NO2. The highest BCUT2D eigenvalue weighted by Crippen LogP contribution is 2.38. The van der Waals surface area contributed by atoms with Gasteiger partial charge in [-0.15, -0.1) is 0 Å². The smallest absolute Gasteiger partial charge is 0.313 e. The van der Waals surface area contributed by atoms with E-state index in [1.54, 1.807) is 0 Å². The van der Waals surface area contributed by atoms with Gasteiger partial charge in [0.2, 0.25) is 0 Å². The van der Waals surface area contributed by atoms with Crippen LogP contribution in [0, 0.1) is 11.3 Å². The van der Waals surface area contributed by atoms with Crippen molar-refractivity contribution in [2.75, 3.05) is 13.2 Å². The van der Waals surface area contributed by atoms with Crippen molar-refractivity contribution >= 4 is 5.97 Å². The van der Waals surface area contributed by atoms with Gasteiger partial charge >= 0.3 is 5.97 Å². The lowest BCUT2D eigenvalue weighted by atomic mass is 9.76. The Morgan fingerprint density at radius 3 is 2.44 bits per heavy atom. The van der Waals surface area contributed by atoms with Gasteiger partial charge in [-0.1, -0.05) is 32.6 Å². The van der Waals surface area contributed by atoms with Crippen molar-refractivity contribution in [1.82, 2.24) is 0 Å². The van der Waals surface area contributed by atoms with E-state index >= 15 is 0 Å². The van der Waals surface area contributed by atoms with Gasteiger partial charge in [0.25, 0.3) is 0 Å². The lowest BCUT2D eigenvalue weighted by Gasteiger charge is -2.31. The summed E-state index contributed by atoms with van der Waals surface area (Å²) in [7, 11) is 0. The second-order valence-corrected chi connectivity index (χ2v) is 4.91. The van der Waals surface area contributed by atoms with Crippen molar-refractivity contribution in [3.63, 3.8) is 0 Å². The first-order valence-electron chi connectivity index (χ1n) is 6.55. The summed E-state index contributed by atoms with van der Waals surface area (Å²) in [4.78, 5) is 12.0. The first-order valence-corrected chi connectivity index (χ1v) is 6.55. The average molecular weight is 227 g/mol. The van der Waals surface area contributed by atoms with Crippen LogP contribution < -0.4 is 5.73 Å². The predicted octanol–water partition coefficient (Wildman–Crippen LogP) is 2.48. The Kier molecular flexibility index (Phi) is 5.26. The number of carbonyl (C=O) groups is 1. The minimum absolute atomic E-state index is 0.0908. The molecule has 1 aliphatic carbocycles. The molecule has 0 saturated heterocycles.